The third-order valence-electron chi connectivity index (χ3n) is 2.38. The SMILES string of the molecule is Cc1ccc2c(C(C)C)csc2c1. The van der Waals surface area contributed by atoms with Crippen LogP contribution in [0.1, 0.15) is 30.9 Å². The number of hydrogen-bond donors (Lipinski definition) is 0. The molecule has 0 aliphatic heterocycles. The highest BCUT2D eigenvalue weighted by Crippen LogP contribution is 2.31. The molecule has 1 heteroatoms. The van der Waals surface area contributed by atoms with Crippen molar-refractivity contribution >= 4 is 21.4 Å². The number of aryl methyl sites for hydroxylation is 1. The first-order valence-corrected chi connectivity index (χ1v) is 5.54. The van der Waals surface area contributed by atoms with Crippen molar-refractivity contribution in [2.75, 3.05) is 0 Å². The highest BCUT2D eigenvalue weighted by atomic mass is 32.1. The average Bonchev–Trinajstić information content (AvgIpc) is 2.46. The Balaban J connectivity index is 2.69. The number of thiophene rings is 1. The number of hydrogen-bond acceptors (Lipinski definition) is 1. The van der Waals surface area contributed by atoms with Crippen LogP contribution in [0, 0.1) is 6.92 Å². The fourth-order valence-corrected chi connectivity index (χ4v) is 2.82. The summed E-state index contributed by atoms with van der Waals surface area (Å²) in [4.78, 5) is 0. The van der Waals surface area contributed by atoms with Crippen LogP contribution in [0.2, 0.25) is 0 Å². The van der Waals surface area contributed by atoms with E-state index in [-0.39, 0.29) is 0 Å². The molecule has 0 N–H and O–H groups in total. The largest absolute Gasteiger partial charge is 0.144 e. The summed E-state index contributed by atoms with van der Waals surface area (Å²) in [6, 6.07) is 6.71. The molecule has 0 saturated carbocycles. The summed E-state index contributed by atoms with van der Waals surface area (Å²) in [6.45, 7) is 6.65. The molecule has 0 nitrogen and oxygen atoms in total. The summed E-state index contributed by atoms with van der Waals surface area (Å²) in [6.07, 6.45) is 0. The molecule has 2 rings (SSSR count). The van der Waals surface area contributed by atoms with Crippen LogP contribution in [0.3, 0.4) is 0 Å². The monoisotopic (exact) mass is 190 g/mol. The van der Waals surface area contributed by atoms with E-state index in [1.807, 2.05) is 11.3 Å². The first-order chi connectivity index (χ1) is 6.18. The van der Waals surface area contributed by atoms with Gasteiger partial charge < -0.3 is 0 Å². The standard InChI is InChI=1S/C12H14S/c1-8(2)11-7-13-12-6-9(3)4-5-10(11)12/h4-8H,1-3H3. The van der Waals surface area contributed by atoms with E-state index in [4.69, 9.17) is 0 Å². The van der Waals surface area contributed by atoms with Gasteiger partial charge in [0.25, 0.3) is 0 Å². The lowest BCUT2D eigenvalue weighted by molar-refractivity contribution is 0.880. The van der Waals surface area contributed by atoms with Gasteiger partial charge in [0.1, 0.15) is 0 Å². The minimum Gasteiger partial charge on any atom is -0.144 e. The van der Waals surface area contributed by atoms with Crippen LogP contribution in [-0.4, -0.2) is 0 Å². The Bertz CT molecular complexity index is 424. The van der Waals surface area contributed by atoms with Crippen LogP contribution >= 0.6 is 11.3 Å². The Kier molecular flexibility index (Phi) is 2.12. The van der Waals surface area contributed by atoms with Crippen LogP contribution < -0.4 is 0 Å². The number of fused-ring (bicyclic) bond motifs is 1. The Morgan fingerprint density at radius 2 is 2.00 bits per heavy atom. The zero-order valence-electron chi connectivity index (χ0n) is 8.29. The summed E-state index contributed by atoms with van der Waals surface area (Å²) in [7, 11) is 0. The quantitative estimate of drug-likeness (QED) is 0.627. The van der Waals surface area contributed by atoms with Crippen molar-refractivity contribution in [2.24, 2.45) is 0 Å². The lowest BCUT2D eigenvalue weighted by atomic mass is 10.0. The third-order valence-corrected chi connectivity index (χ3v) is 3.35. The topological polar surface area (TPSA) is 0 Å². The van der Waals surface area contributed by atoms with Crippen LogP contribution in [0.25, 0.3) is 10.1 Å². The lowest BCUT2D eigenvalue weighted by Crippen LogP contribution is -1.83. The summed E-state index contributed by atoms with van der Waals surface area (Å²) in [5.74, 6) is 0.636. The maximum atomic E-state index is 2.29. The molecular weight excluding hydrogens is 176 g/mol. The summed E-state index contributed by atoms with van der Waals surface area (Å²) < 4.78 is 1.42. The van der Waals surface area contributed by atoms with Gasteiger partial charge in [0.15, 0.2) is 0 Å². The minimum absolute atomic E-state index is 0.636. The molecule has 0 aliphatic rings. The molecule has 0 bridgehead atoms. The van der Waals surface area contributed by atoms with Crippen LogP contribution in [0.15, 0.2) is 23.6 Å². The highest BCUT2D eigenvalue weighted by molar-refractivity contribution is 7.17. The molecule has 0 unspecified atom stereocenters. The second-order valence-corrected chi connectivity index (χ2v) is 4.76. The van der Waals surface area contributed by atoms with Gasteiger partial charge in [-0.2, -0.15) is 0 Å². The zero-order chi connectivity index (χ0) is 9.42. The van der Waals surface area contributed by atoms with Crippen LogP contribution in [0.4, 0.5) is 0 Å². The van der Waals surface area contributed by atoms with Crippen molar-refractivity contribution < 1.29 is 0 Å². The van der Waals surface area contributed by atoms with Gasteiger partial charge in [0.2, 0.25) is 0 Å². The Hall–Kier alpha value is -0.820. The highest BCUT2D eigenvalue weighted by Gasteiger charge is 2.06. The first-order valence-electron chi connectivity index (χ1n) is 4.66. The molecule has 68 valence electrons. The predicted octanol–water partition coefficient (Wildman–Crippen LogP) is 4.33. The van der Waals surface area contributed by atoms with Crippen LogP contribution in [0.5, 0.6) is 0 Å². The summed E-state index contributed by atoms with van der Waals surface area (Å²) >= 11 is 1.86. The number of rotatable bonds is 1. The van der Waals surface area contributed by atoms with Gasteiger partial charge in [0, 0.05) is 4.70 Å². The third kappa shape index (κ3) is 1.49. The van der Waals surface area contributed by atoms with E-state index in [0.717, 1.165) is 0 Å². The zero-order valence-corrected chi connectivity index (χ0v) is 9.11. The van der Waals surface area contributed by atoms with Crippen LogP contribution in [-0.2, 0) is 0 Å². The van der Waals surface area contributed by atoms with E-state index in [9.17, 15) is 0 Å². The molecule has 0 fully saturated rings. The first kappa shape index (κ1) is 8.76. The van der Waals surface area contributed by atoms with Gasteiger partial charge in [0.05, 0.1) is 0 Å². The van der Waals surface area contributed by atoms with Gasteiger partial charge >= 0.3 is 0 Å². The second kappa shape index (κ2) is 3.15. The molecule has 0 saturated heterocycles. The molecule has 0 amide bonds. The van der Waals surface area contributed by atoms with E-state index in [1.54, 1.807) is 0 Å². The maximum Gasteiger partial charge on any atom is 0.0348 e. The van der Waals surface area contributed by atoms with Crippen molar-refractivity contribution in [2.45, 2.75) is 26.7 Å². The Morgan fingerprint density at radius 3 is 2.69 bits per heavy atom. The van der Waals surface area contributed by atoms with Crippen molar-refractivity contribution in [1.82, 2.24) is 0 Å². The number of benzene rings is 1. The molecular formula is C12H14S. The average molecular weight is 190 g/mol. The van der Waals surface area contributed by atoms with Gasteiger partial charge in [-0.05, 0) is 40.8 Å². The molecule has 1 aromatic heterocycles. The molecule has 1 aromatic carbocycles. The van der Waals surface area contributed by atoms with E-state index >= 15 is 0 Å². The molecule has 0 spiro atoms. The lowest BCUT2D eigenvalue weighted by Gasteiger charge is -2.02. The maximum absolute atomic E-state index is 2.29. The van der Waals surface area contributed by atoms with Crippen molar-refractivity contribution in [3.63, 3.8) is 0 Å². The normalized spacial score (nSPS) is 11.4. The van der Waals surface area contributed by atoms with Crippen molar-refractivity contribution in [3.05, 3.63) is 34.7 Å². The summed E-state index contributed by atoms with van der Waals surface area (Å²) in [5, 5.41) is 3.72. The summed E-state index contributed by atoms with van der Waals surface area (Å²) in [5.41, 5.74) is 2.84. The van der Waals surface area contributed by atoms with Crippen molar-refractivity contribution in [1.29, 1.82) is 0 Å². The van der Waals surface area contributed by atoms with Gasteiger partial charge in [-0.3, -0.25) is 0 Å². The van der Waals surface area contributed by atoms with E-state index in [1.165, 1.54) is 21.2 Å². The predicted molar refractivity (Wildman–Crippen MR) is 60.7 cm³/mol. The molecule has 0 atom stereocenters. The fraction of sp³-hybridized carbons (Fsp3) is 0.333. The molecule has 0 radical (unpaired) electrons. The Labute approximate surface area is 83.2 Å². The van der Waals surface area contributed by atoms with Gasteiger partial charge in [-0.15, -0.1) is 11.3 Å². The Morgan fingerprint density at radius 1 is 1.23 bits per heavy atom. The molecule has 2 aromatic rings. The van der Waals surface area contributed by atoms with Crippen molar-refractivity contribution in [3.8, 4) is 0 Å². The van der Waals surface area contributed by atoms with E-state index in [0.29, 0.717) is 5.92 Å². The molecule has 0 aliphatic carbocycles. The minimum atomic E-state index is 0.636. The van der Waals surface area contributed by atoms with Gasteiger partial charge in [-0.1, -0.05) is 26.0 Å². The molecule has 1 heterocycles. The fourth-order valence-electron chi connectivity index (χ4n) is 1.60. The smallest absolute Gasteiger partial charge is 0.0348 e. The second-order valence-electron chi connectivity index (χ2n) is 3.85. The van der Waals surface area contributed by atoms with E-state index in [2.05, 4.69) is 44.4 Å². The van der Waals surface area contributed by atoms with E-state index < -0.39 is 0 Å². The van der Waals surface area contributed by atoms with Gasteiger partial charge in [-0.25, -0.2) is 0 Å². The molecule has 13 heavy (non-hydrogen) atoms.